The minimum atomic E-state index is -1.11. The molecule has 0 radical (unpaired) electrons. The number of carbonyl (C=O) groups excluding carboxylic acids is 4. The Labute approximate surface area is 245 Å². The summed E-state index contributed by atoms with van der Waals surface area (Å²) in [6.07, 6.45) is 1.36. The lowest BCUT2D eigenvalue weighted by Crippen LogP contribution is -2.58. The second kappa shape index (κ2) is 15.8. The van der Waals surface area contributed by atoms with E-state index in [0.29, 0.717) is 18.6 Å². The SMILES string of the molecule is CCC[C@H](N)C(=O)NNC(=O)N[C@@H](Cc1ccc(-c2ccccc2)cc1)C(=O)N[C@@H](Cc1cccc(OC)c1)C(N)=O. The summed E-state index contributed by atoms with van der Waals surface area (Å²) < 4.78 is 5.24. The third-order valence-electron chi connectivity index (χ3n) is 6.59. The van der Waals surface area contributed by atoms with Crippen molar-refractivity contribution in [3.8, 4) is 16.9 Å². The number of benzene rings is 3. The van der Waals surface area contributed by atoms with Gasteiger partial charge in [-0.1, -0.05) is 80.1 Å². The average Bonchev–Trinajstić information content (AvgIpc) is 3.00. The van der Waals surface area contributed by atoms with Crippen molar-refractivity contribution in [2.45, 2.75) is 50.7 Å². The molecule has 0 aliphatic carbocycles. The molecule has 11 nitrogen and oxygen atoms in total. The number of ether oxygens (including phenoxy) is 1. The molecule has 0 aliphatic rings. The molecule has 0 aromatic heterocycles. The third-order valence-corrected chi connectivity index (χ3v) is 6.59. The van der Waals surface area contributed by atoms with Crippen LogP contribution in [0.1, 0.15) is 30.9 Å². The maximum atomic E-state index is 13.4. The van der Waals surface area contributed by atoms with Crippen molar-refractivity contribution in [1.29, 1.82) is 0 Å². The zero-order valence-electron chi connectivity index (χ0n) is 23.8. The molecule has 0 bridgehead atoms. The molecule has 0 spiro atoms. The lowest BCUT2D eigenvalue weighted by molar-refractivity contribution is -0.128. The van der Waals surface area contributed by atoms with E-state index in [4.69, 9.17) is 16.2 Å². The molecule has 0 saturated heterocycles. The van der Waals surface area contributed by atoms with Crippen LogP contribution < -0.4 is 37.7 Å². The molecular weight excluding hydrogens is 536 g/mol. The average molecular weight is 575 g/mol. The van der Waals surface area contributed by atoms with E-state index < -0.39 is 41.9 Å². The van der Waals surface area contributed by atoms with Crippen molar-refractivity contribution < 1.29 is 23.9 Å². The molecule has 3 atom stereocenters. The summed E-state index contributed by atoms with van der Waals surface area (Å²) >= 11 is 0. The molecule has 5 amide bonds. The third kappa shape index (κ3) is 9.63. The molecule has 3 rings (SSSR count). The van der Waals surface area contributed by atoms with Crippen LogP contribution in [0.5, 0.6) is 5.75 Å². The predicted octanol–water partition coefficient (Wildman–Crippen LogP) is 1.94. The van der Waals surface area contributed by atoms with Gasteiger partial charge in [-0.05, 0) is 40.8 Å². The number of urea groups is 1. The highest BCUT2D eigenvalue weighted by molar-refractivity contribution is 5.92. The van der Waals surface area contributed by atoms with Gasteiger partial charge in [0.25, 0.3) is 5.91 Å². The first-order valence-electron chi connectivity index (χ1n) is 13.7. The van der Waals surface area contributed by atoms with Crippen LogP contribution in [0.4, 0.5) is 4.79 Å². The maximum Gasteiger partial charge on any atom is 0.334 e. The van der Waals surface area contributed by atoms with E-state index in [9.17, 15) is 19.2 Å². The molecule has 3 aromatic rings. The van der Waals surface area contributed by atoms with Gasteiger partial charge >= 0.3 is 6.03 Å². The van der Waals surface area contributed by atoms with E-state index in [2.05, 4.69) is 21.5 Å². The zero-order valence-corrected chi connectivity index (χ0v) is 23.8. The Morgan fingerprint density at radius 2 is 1.43 bits per heavy atom. The van der Waals surface area contributed by atoms with Crippen LogP contribution in [0.15, 0.2) is 78.9 Å². The van der Waals surface area contributed by atoms with E-state index in [-0.39, 0.29) is 12.8 Å². The molecule has 8 N–H and O–H groups in total. The highest BCUT2D eigenvalue weighted by Crippen LogP contribution is 2.20. The van der Waals surface area contributed by atoms with Gasteiger partial charge in [-0.25, -0.2) is 10.2 Å². The van der Waals surface area contributed by atoms with E-state index in [1.807, 2.05) is 61.5 Å². The lowest BCUT2D eigenvalue weighted by atomic mass is 9.99. The van der Waals surface area contributed by atoms with E-state index >= 15 is 0 Å². The summed E-state index contributed by atoms with van der Waals surface area (Å²) in [5, 5.41) is 5.24. The van der Waals surface area contributed by atoms with Gasteiger partial charge in [0.05, 0.1) is 13.2 Å². The molecule has 0 unspecified atom stereocenters. The lowest BCUT2D eigenvalue weighted by Gasteiger charge is -2.23. The summed E-state index contributed by atoms with van der Waals surface area (Å²) in [6.45, 7) is 1.89. The fourth-order valence-corrected chi connectivity index (χ4v) is 4.29. The van der Waals surface area contributed by atoms with Crippen molar-refractivity contribution in [3.05, 3.63) is 90.0 Å². The van der Waals surface area contributed by atoms with Gasteiger partial charge in [-0.3, -0.25) is 19.8 Å². The van der Waals surface area contributed by atoms with Gasteiger partial charge in [0.1, 0.15) is 17.8 Å². The molecule has 11 heteroatoms. The van der Waals surface area contributed by atoms with Crippen LogP contribution in [0.2, 0.25) is 0 Å². The number of amides is 5. The fraction of sp³-hybridized carbons (Fsp3) is 0.290. The number of hydrazine groups is 1. The first kappa shape index (κ1) is 31.6. The van der Waals surface area contributed by atoms with Crippen molar-refractivity contribution in [2.24, 2.45) is 11.5 Å². The van der Waals surface area contributed by atoms with Gasteiger partial charge in [0.15, 0.2) is 0 Å². The molecule has 3 aromatic carbocycles. The number of hydrogen-bond donors (Lipinski definition) is 6. The van der Waals surface area contributed by atoms with Crippen molar-refractivity contribution in [3.63, 3.8) is 0 Å². The van der Waals surface area contributed by atoms with Crippen molar-refractivity contribution >= 4 is 23.8 Å². The maximum absolute atomic E-state index is 13.4. The Balaban J connectivity index is 1.75. The topological polar surface area (TPSA) is 178 Å². The Hall–Kier alpha value is -4.90. The first-order valence-corrected chi connectivity index (χ1v) is 13.7. The van der Waals surface area contributed by atoms with Crippen molar-refractivity contribution in [1.82, 2.24) is 21.5 Å². The second-order valence-electron chi connectivity index (χ2n) is 9.82. The van der Waals surface area contributed by atoms with Crippen LogP contribution in [-0.2, 0) is 27.2 Å². The smallest absolute Gasteiger partial charge is 0.334 e. The van der Waals surface area contributed by atoms with Gasteiger partial charge in [0.2, 0.25) is 11.8 Å². The Bertz CT molecular complexity index is 1350. The van der Waals surface area contributed by atoms with E-state index in [1.165, 1.54) is 7.11 Å². The number of primary amides is 1. The molecule has 0 aliphatic heterocycles. The summed E-state index contributed by atoms with van der Waals surface area (Å²) in [7, 11) is 1.53. The first-order chi connectivity index (χ1) is 20.2. The molecule has 0 saturated carbocycles. The number of carbonyl (C=O) groups is 4. The minimum Gasteiger partial charge on any atom is -0.497 e. The van der Waals surface area contributed by atoms with Gasteiger partial charge in [0, 0.05) is 12.8 Å². The number of rotatable bonds is 13. The highest BCUT2D eigenvalue weighted by Gasteiger charge is 2.27. The highest BCUT2D eigenvalue weighted by atomic mass is 16.5. The second-order valence-corrected chi connectivity index (χ2v) is 9.82. The van der Waals surface area contributed by atoms with Gasteiger partial charge in [-0.15, -0.1) is 0 Å². The minimum absolute atomic E-state index is 0.0995. The van der Waals surface area contributed by atoms with Crippen LogP contribution in [0.25, 0.3) is 11.1 Å². The van der Waals surface area contributed by atoms with Crippen LogP contribution in [-0.4, -0.2) is 49.0 Å². The number of methoxy groups -OCH3 is 1. The van der Waals surface area contributed by atoms with Gasteiger partial charge < -0.3 is 26.8 Å². The fourth-order valence-electron chi connectivity index (χ4n) is 4.29. The summed E-state index contributed by atoms with van der Waals surface area (Å²) in [4.78, 5) is 50.5. The van der Waals surface area contributed by atoms with Crippen LogP contribution >= 0.6 is 0 Å². The summed E-state index contributed by atoms with van der Waals surface area (Å²) in [5.74, 6) is -1.33. The molecular formula is C31H38N6O5. The van der Waals surface area contributed by atoms with Crippen LogP contribution in [0.3, 0.4) is 0 Å². The van der Waals surface area contributed by atoms with E-state index in [0.717, 1.165) is 22.3 Å². The normalized spacial score (nSPS) is 12.7. The quantitative estimate of drug-likeness (QED) is 0.170. The summed E-state index contributed by atoms with van der Waals surface area (Å²) in [6, 6.07) is 20.6. The van der Waals surface area contributed by atoms with Crippen molar-refractivity contribution in [2.75, 3.05) is 7.11 Å². The standard InChI is InChI=1S/C31H38N6O5/c1-3-8-25(32)29(39)36-37-31(41)35-27(18-20-13-15-23(16-14-20)22-10-5-4-6-11-22)30(40)34-26(28(33)38)19-21-9-7-12-24(17-21)42-2/h4-7,9-17,25-27H,3,8,18-19,32H2,1-2H3,(H2,33,38)(H,34,40)(H,36,39)(H2,35,37,41)/t25-,26-,27-/m0/s1. The van der Waals surface area contributed by atoms with E-state index in [1.54, 1.807) is 24.3 Å². The zero-order chi connectivity index (χ0) is 30.5. The Kier molecular flexibility index (Phi) is 11.9. The molecule has 42 heavy (non-hydrogen) atoms. The number of nitrogens with two attached hydrogens (primary N) is 2. The number of nitrogens with one attached hydrogen (secondary N) is 4. The monoisotopic (exact) mass is 574 g/mol. The molecule has 222 valence electrons. The predicted molar refractivity (Wildman–Crippen MR) is 160 cm³/mol. The molecule has 0 fully saturated rings. The summed E-state index contributed by atoms with van der Waals surface area (Å²) in [5.41, 5.74) is 19.4. The largest absolute Gasteiger partial charge is 0.497 e. The van der Waals surface area contributed by atoms with Crippen LogP contribution in [0, 0.1) is 0 Å². The Morgan fingerprint density at radius 1 is 0.762 bits per heavy atom. The molecule has 0 heterocycles. The van der Waals surface area contributed by atoms with Gasteiger partial charge in [-0.2, -0.15) is 0 Å². The number of hydrogen-bond acceptors (Lipinski definition) is 6. The Morgan fingerprint density at radius 3 is 2.07 bits per heavy atom.